The van der Waals surface area contributed by atoms with E-state index < -0.39 is 9.87 Å². The minimum Gasteiger partial charge on any atom is -0.473 e. The summed E-state index contributed by atoms with van der Waals surface area (Å²) in [5.74, 6) is 1.91. The first-order valence-electron chi connectivity index (χ1n) is 13.8. The SMILES string of the molecule is CC1(C)C2(OC(c3ccccc3)=C(c3ccccc3)S2)C(C)(C)C12OC(c1ccccc1)=C(c1ccccc1)S2. The molecule has 0 bridgehead atoms. The van der Waals surface area contributed by atoms with Crippen LogP contribution in [0, 0.1) is 10.8 Å². The predicted molar refractivity (Wildman–Crippen MR) is 170 cm³/mol. The van der Waals surface area contributed by atoms with Crippen molar-refractivity contribution in [3.8, 4) is 0 Å². The van der Waals surface area contributed by atoms with Gasteiger partial charge in [-0.2, -0.15) is 0 Å². The number of hydrogen-bond acceptors (Lipinski definition) is 4. The van der Waals surface area contributed by atoms with Gasteiger partial charge >= 0.3 is 0 Å². The van der Waals surface area contributed by atoms with E-state index in [1.165, 1.54) is 20.9 Å². The second-order valence-corrected chi connectivity index (χ2v) is 14.0. The van der Waals surface area contributed by atoms with Gasteiger partial charge < -0.3 is 9.47 Å². The summed E-state index contributed by atoms with van der Waals surface area (Å²) in [4.78, 5) is 1.31. The van der Waals surface area contributed by atoms with E-state index in [0.717, 1.165) is 22.6 Å². The Balaban J connectivity index is 1.34. The van der Waals surface area contributed by atoms with Gasteiger partial charge in [0.2, 0.25) is 0 Å². The zero-order valence-electron chi connectivity index (χ0n) is 23.2. The van der Waals surface area contributed by atoms with Gasteiger partial charge in [0.1, 0.15) is 11.5 Å². The quantitative estimate of drug-likeness (QED) is 0.247. The first-order chi connectivity index (χ1) is 19.3. The highest BCUT2D eigenvalue weighted by atomic mass is 32.2. The molecule has 4 heteroatoms. The van der Waals surface area contributed by atoms with Crippen LogP contribution in [0.15, 0.2) is 121 Å². The number of hydrogen-bond donors (Lipinski definition) is 0. The molecule has 2 aliphatic heterocycles. The van der Waals surface area contributed by atoms with Crippen LogP contribution in [0.5, 0.6) is 0 Å². The van der Waals surface area contributed by atoms with Crippen LogP contribution in [0.4, 0.5) is 0 Å². The van der Waals surface area contributed by atoms with Crippen molar-refractivity contribution in [3.63, 3.8) is 0 Å². The molecule has 200 valence electrons. The number of rotatable bonds is 4. The van der Waals surface area contributed by atoms with Crippen molar-refractivity contribution in [2.24, 2.45) is 10.8 Å². The summed E-state index contributed by atoms with van der Waals surface area (Å²) in [7, 11) is 0. The first-order valence-corrected chi connectivity index (χ1v) is 15.4. The maximum Gasteiger partial charge on any atom is 0.178 e. The summed E-state index contributed by atoms with van der Waals surface area (Å²) in [6.45, 7) is 9.30. The number of thioether (sulfide) groups is 2. The normalized spacial score (nSPS) is 21.3. The predicted octanol–water partition coefficient (Wildman–Crippen LogP) is 10.0. The Morgan fingerprint density at radius 2 is 0.675 bits per heavy atom. The van der Waals surface area contributed by atoms with Crippen LogP contribution in [0.25, 0.3) is 21.3 Å². The monoisotopic (exact) mass is 560 g/mol. The lowest BCUT2D eigenvalue weighted by Crippen LogP contribution is -2.81. The Morgan fingerprint density at radius 1 is 0.400 bits per heavy atom. The van der Waals surface area contributed by atoms with Crippen LogP contribution in [0.1, 0.15) is 49.9 Å². The molecular weight excluding hydrogens is 529 g/mol. The second-order valence-electron chi connectivity index (χ2n) is 11.7. The maximum absolute atomic E-state index is 7.27. The van der Waals surface area contributed by atoms with E-state index in [2.05, 4.69) is 149 Å². The molecule has 2 spiro atoms. The molecule has 7 rings (SSSR count). The van der Waals surface area contributed by atoms with Gasteiger partial charge in [0.25, 0.3) is 0 Å². The Kier molecular flexibility index (Phi) is 5.82. The van der Waals surface area contributed by atoms with Gasteiger partial charge in [-0.05, 0) is 11.1 Å². The molecule has 0 saturated heterocycles. The molecule has 0 atom stereocenters. The van der Waals surface area contributed by atoms with Crippen LogP contribution >= 0.6 is 23.5 Å². The van der Waals surface area contributed by atoms with Gasteiger partial charge in [-0.15, -0.1) is 0 Å². The molecular formula is C36H32O2S2. The van der Waals surface area contributed by atoms with Crippen LogP contribution in [0.2, 0.25) is 0 Å². The minimum absolute atomic E-state index is 0.355. The zero-order chi connectivity index (χ0) is 27.6. The van der Waals surface area contributed by atoms with Crippen molar-refractivity contribution in [2.45, 2.75) is 37.6 Å². The third-order valence-electron chi connectivity index (χ3n) is 8.83. The highest BCUT2D eigenvalue weighted by Gasteiger charge is 2.88. The van der Waals surface area contributed by atoms with Gasteiger partial charge in [0, 0.05) is 11.1 Å². The van der Waals surface area contributed by atoms with E-state index in [0.29, 0.717) is 0 Å². The van der Waals surface area contributed by atoms with Crippen LogP contribution in [-0.2, 0) is 9.47 Å². The van der Waals surface area contributed by atoms with Gasteiger partial charge in [0.05, 0.1) is 20.6 Å². The van der Waals surface area contributed by atoms with E-state index in [1.807, 2.05) is 23.5 Å². The van der Waals surface area contributed by atoms with Crippen molar-refractivity contribution < 1.29 is 9.47 Å². The van der Waals surface area contributed by atoms with E-state index in [-0.39, 0.29) is 10.8 Å². The third kappa shape index (κ3) is 3.33. The molecule has 3 aliphatic rings. The fourth-order valence-corrected chi connectivity index (χ4v) is 10.4. The lowest BCUT2D eigenvalue weighted by atomic mass is 9.49. The lowest BCUT2D eigenvalue weighted by Gasteiger charge is -2.72. The van der Waals surface area contributed by atoms with Crippen molar-refractivity contribution in [1.82, 2.24) is 0 Å². The molecule has 4 aromatic carbocycles. The summed E-state index contributed by atoms with van der Waals surface area (Å²) in [5.41, 5.74) is 3.86. The van der Waals surface area contributed by atoms with Crippen molar-refractivity contribution >= 4 is 44.9 Å². The van der Waals surface area contributed by atoms with Gasteiger partial charge in [0.15, 0.2) is 9.87 Å². The van der Waals surface area contributed by atoms with E-state index in [9.17, 15) is 0 Å². The molecule has 1 aliphatic carbocycles. The van der Waals surface area contributed by atoms with Crippen molar-refractivity contribution in [2.75, 3.05) is 0 Å². The molecule has 0 N–H and O–H groups in total. The molecule has 0 aromatic heterocycles. The minimum atomic E-state index is -0.530. The zero-order valence-corrected chi connectivity index (χ0v) is 24.8. The molecule has 4 aromatic rings. The summed E-state index contributed by atoms with van der Waals surface area (Å²) in [6.07, 6.45) is 0. The molecule has 0 radical (unpaired) electrons. The van der Waals surface area contributed by atoms with Crippen LogP contribution in [0.3, 0.4) is 0 Å². The van der Waals surface area contributed by atoms with Crippen LogP contribution < -0.4 is 0 Å². The summed E-state index contributed by atoms with van der Waals surface area (Å²) in [5, 5.41) is 0. The topological polar surface area (TPSA) is 18.5 Å². The average Bonchev–Trinajstić information content (AvgIpc) is 3.63. The van der Waals surface area contributed by atoms with Crippen molar-refractivity contribution in [3.05, 3.63) is 144 Å². The lowest BCUT2D eigenvalue weighted by molar-refractivity contribution is -0.280. The van der Waals surface area contributed by atoms with E-state index in [1.54, 1.807) is 0 Å². The standard InChI is InChI=1S/C36H32O2S2/c1-33(2)35(37-29(25-17-9-5-10-18-25)31(39-35)27-21-13-7-14-22-27)34(3,4)36(33)38-30(26-19-11-6-12-20-26)32(40-36)28-23-15-8-16-24-28/h5-24H,1-4H3. The van der Waals surface area contributed by atoms with Gasteiger partial charge in [-0.1, -0.05) is 173 Å². The second kappa shape index (κ2) is 9.09. The van der Waals surface area contributed by atoms with Crippen molar-refractivity contribution in [1.29, 1.82) is 0 Å². The fraction of sp³-hybridized carbons (Fsp3) is 0.222. The number of ether oxygens (including phenoxy) is 2. The Hall–Kier alpha value is -3.34. The molecule has 2 heterocycles. The molecule has 2 nitrogen and oxygen atoms in total. The third-order valence-corrected chi connectivity index (χ3v) is 12.9. The molecule has 0 amide bonds. The summed E-state index contributed by atoms with van der Waals surface area (Å²) in [6, 6.07) is 42.3. The Morgan fingerprint density at radius 3 is 0.975 bits per heavy atom. The molecule has 1 saturated carbocycles. The summed E-state index contributed by atoms with van der Waals surface area (Å²) < 4.78 is 14.5. The molecule has 40 heavy (non-hydrogen) atoms. The Bertz CT molecular complexity index is 1380. The largest absolute Gasteiger partial charge is 0.473 e. The van der Waals surface area contributed by atoms with E-state index >= 15 is 0 Å². The van der Waals surface area contributed by atoms with E-state index in [4.69, 9.17) is 9.47 Å². The molecule has 1 fully saturated rings. The van der Waals surface area contributed by atoms with Gasteiger partial charge in [-0.25, -0.2) is 0 Å². The van der Waals surface area contributed by atoms with Gasteiger partial charge in [-0.3, -0.25) is 0 Å². The first kappa shape index (κ1) is 25.6. The summed E-state index contributed by atoms with van der Waals surface area (Å²) >= 11 is 3.74. The fourth-order valence-electron chi connectivity index (χ4n) is 6.87. The van der Waals surface area contributed by atoms with Crippen LogP contribution in [-0.4, -0.2) is 9.87 Å². The number of benzene rings is 4. The Labute approximate surface area is 245 Å². The molecule has 0 unspecified atom stereocenters. The highest BCUT2D eigenvalue weighted by Crippen LogP contribution is 2.85. The average molecular weight is 561 g/mol. The maximum atomic E-state index is 7.27. The highest BCUT2D eigenvalue weighted by molar-refractivity contribution is 8.11. The smallest absolute Gasteiger partial charge is 0.178 e.